The van der Waals surface area contributed by atoms with Crippen LogP contribution in [-0.4, -0.2) is 41.8 Å². The number of nitrogens with one attached hydrogen (secondary N) is 2. The Labute approximate surface area is 143 Å². The van der Waals surface area contributed by atoms with Gasteiger partial charge in [-0.3, -0.25) is 14.6 Å². The van der Waals surface area contributed by atoms with Crippen LogP contribution in [0.1, 0.15) is 12.8 Å². The molecule has 24 heavy (non-hydrogen) atoms. The van der Waals surface area contributed by atoms with Crippen molar-refractivity contribution in [1.29, 1.82) is 0 Å². The Hall–Kier alpha value is -2.68. The number of anilines is 1. The number of aromatic amines is 1. The number of carbonyl (C=O) groups excluding carboxylic acids is 1. The summed E-state index contributed by atoms with van der Waals surface area (Å²) in [5, 5.41) is 2.73. The summed E-state index contributed by atoms with van der Waals surface area (Å²) in [5.74, 6) is 1.60. The second kappa shape index (κ2) is 6.08. The predicted molar refractivity (Wildman–Crippen MR) is 92.3 cm³/mol. The van der Waals surface area contributed by atoms with E-state index in [2.05, 4.69) is 43.1 Å². The van der Waals surface area contributed by atoms with Crippen molar-refractivity contribution < 1.29 is 4.79 Å². The van der Waals surface area contributed by atoms with Crippen LogP contribution >= 0.6 is 12.8 Å². The Kier molecular flexibility index (Phi) is 3.77. The van der Waals surface area contributed by atoms with Crippen molar-refractivity contribution in [3.8, 4) is 11.5 Å². The third kappa shape index (κ3) is 3.16. The molecule has 9 heteroatoms. The van der Waals surface area contributed by atoms with Crippen LogP contribution in [0.4, 0.5) is 10.6 Å². The van der Waals surface area contributed by atoms with Crippen LogP contribution in [0, 0.1) is 5.92 Å². The Balaban J connectivity index is 1.56. The van der Waals surface area contributed by atoms with E-state index in [-0.39, 0.29) is 6.03 Å². The Morgan fingerprint density at radius 2 is 2.21 bits per heavy atom. The average molecular weight is 341 g/mol. The normalized spacial score (nSPS) is 13.9. The average Bonchev–Trinajstić information content (AvgIpc) is 3.23. The molecule has 8 nitrogen and oxygen atoms in total. The number of imidazole rings is 1. The van der Waals surface area contributed by atoms with Gasteiger partial charge in [0.05, 0.1) is 6.20 Å². The van der Waals surface area contributed by atoms with Crippen LogP contribution in [0.25, 0.3) is 22.7 Å². The smallest absolute Gasteiger partial charge is 0.332 e. The first-order chi connectivity index (χ1) is 11.7. The third-order valence-electron chi connectivity index (χ3n) is 3.75. The molecular weight excluding hydrogens is 326 g/mol. The molecule has 0 aromatic carbocycles. The maximum Gasteiger partial charge on any atom is 0.332 e. The summed E-state index contributed by atoms with van der Waals surface area (Å²) in [6.45, 7) is 0.644. The molecule has 4 rings (SSSR count). The zero-order chi connectivity index (χ0) is 16.5. The molecule has 2 amide bonds. The molecule has 0 aliphatic heterocycles. The van der Waals surface area contributed by atoms with Crippen molar-refractivity contribution in [2.24, 2.45) is 5.92 Å². The quantitative estimate of drug-likeness (QED) is 0.633. The first-order valence-electron chi connectivity index (χ1n) is 7.60. The maximum atomic E-state index is 12.1. The van der Waals surface area contributed by atoms with Crippen molar-refractivity contribution >= 4 is 35.8 Å². The lowest BCUT2D eigenvalue weighted by atomic mass is 10.3. The topological polar surface area (TPSA) is 99.7 Å². The van der Waals surface area contributed by atoms with Gasteiger partial charge in [-0.15, -0.1) is 0 Å². The highest BCUT2D eigenvalue weighted by Crippen LogP contribution is 2.30. The van der Waals surface area contributed by atoms with Crippen molar-refractivity contribution in [3.05, 3.63) is 30.7 Å². The van der Waals surface area contributed by atoms with Crippen LogP contribution < -0.4 is 5.32 Å². The highest BCUT2D eigenvalue weighted by molar-refractivity contribution is 7.78. The van der Waals surface area contributed by atoms with Gasteiger partial charge in [-0.25, -0.2) is 19.7 Å². The molecule has 0 atom stereocenters. The second-order valence-electron chi connectivity index (χ2n) is 5.69. The summed E-state index contributed by atoms with van der Waals surface area (Å²) >= 11 is 4.22. The summed E-state index contributed by atoms with van der Waals surface area (Å²) in [6.07, 6.45) is 7.30. The van der Waals surface area contributed by atoms with Gasteiger partial charge in [0.25, 0.3) is 0 Å². The molecule has 3 aromatic rings. The summed E-state index contributed by atoms with van der Waals surface area (Å²) in [7, 11) is 0. The maximum absolute atomic E-state index is 12.1. The standard InChI is InChI=1S/C15H15N7OS/c23-15(22(24)8-9-1-2-9)21-12-4-3-10-14(20-12)19-11(7-18-10)13-16-5-6-17-13/h3-7,9,24H,1-2,8H2,(H,16,17)(H,19,20,21,23). The highest BCUT2D eigenvalue weighted by atomic mass is 32.1. The number of hydrogen-bond donors (Lipinski definition) is 3. The molecule has 1 aliphatic rings. The lowest BCUT2D eigenvalue weighted by Crippen LogP contribution is -2.29. The number of urea groups is 1. The SMILES string of the molecule is O=C(Nc1ccc2ncc(-c3ncc[nH]3)nc2n1)N(S)CC1CC1. The second-order valence-corrected chi connectivity index (χ2v) is 6.17. The van der Waals surface area contributed by atoms with E-state index >= 15 is 0 Å². The van der Waals surface area contributed by atoms with Gasteiger partial charge in [-0.1, -0.05) is 12.8 Å². The highest BCUT2D eigenvalue weighted by Gasteiger charge is 2.25. The number of nitrogens with zero attached hydrogens (tertiary/aromatic N) is 5. The van der Waals surface area contributed by atoms with Crippen LogP contribution in [0.2, 0.25) is 0 Å². The molecule has 1 saturated carbocycles. The summed E-state index contributed by atoms with van der Waals surface area (Å²) in [6, 6.07) is 3.16. The minimum absolute atomic E-state index is 0.299. The minimum atomic E-state index is -0.299. The largest absolute Gasteiger partial charge is 0.343 e. The number of aromatic nitrogens is 5. The first kappa shape index (κ1) is 14.9. The number of amides is 2. The fraction of sp³-hybridized carbons (Fsp3) is 0.267. The Bertz CT molecular complexity index is 879. The number of fused-ring (bicyclic) bond motifs is 1. The number of carbonyl (C=O) groups is 1. The fourth-order valence-corrected chi connectivity index (χ4v) is 2.57. The van der Waals surface area contributed by atoms with Crippen LogP contribution in [0.15, 0.2) is 30.7 Å². The van der Waals surface area contributed by atoms with Gasteiger partial charge in [-0.2, -0.15) is 0 Å². The molecular formula is C15H15N7OS. The zero-order valence-electron chi connectivity index (χ0n) is 12.7. The monoisotopic (exact) mass is 341 g/mol. The number of rotatable bonds is 4. The van der Waals surface area contributed by atoms with Crippen molar-refractivity contribution in [2.75, 3.05) is 11.9 Å². The van der Waals surface area contributed by atoms with E-state index in [1.165, 1.54) is 4.31 Å². The van der Waals surface area contributed by atoms with Gasteiger partial charge < -0.3 is 4.98 Å². The predicted octanol–water partition coefficient (Wildman–Crippen LogP) is 2.50. The van der Waals surface area contributed by atoms with Gasteiger partial charge in [0, 0.05) is 18.9 Å². The first-order valence-corrected chi connectivity index (χ1v) is 8.00. The van der Waals surface area contributed by atoms with Crippen LogP contribution in [0.5, 0.6) is 0 Å². The van der Waals surface area contributed by atoms with Gasteiger partial charge in [-0.05, 0) is 30.9 Å². The fourth-order valence-electron chi connectivity index (χ4n) is 2.29. The molecule has 0 radical (unpaired) electrons. The van der Waals surface area contributed by atoms with E-state index in [0.29, 0.717) is 41.0 Å². The molecule has 0 unspecified atom stereocenters. The van der Waals surface area contributed by atoms with Gasteiger partial charge in [0.2, 0.25) is 0 Å². The van der Waals surface area contributed by atoms with Gasteiger partial charge in [0.15, 0.2) is 11.5 Å². The Morgan fingerprint density at radius 1 is 1.33 bits per heavy atom. The lowest BCUT2D eigenvalue weighted by molar-refractivity contribution is 0.238. The molecule has 122 valence electrons. The van der Waals surface area contributed by atoms with Crippen LogP contribution in [-0.2, 0) is 0 Å². The molecule has 3 heterocycles. The molecule has 3 aromatic heterocycles. The summed E-state index contributed by atoms with van der Waals surface area (Å²) < 4.78 is 1.38. The summed E-state index contributed by atoms with van der Waals surface area (Å²) in [4.78, 5) is 32.3. The molecule has 1 aliphatic carbocycles. The molecule has 0 bridgehead atoms. The van der Waals surface area contributed by atoms with Crippen LogP contribution in [0.3, 0.4) is 0 Å². The number of thiol groups is 1. The minimum Gasteiger partial charge on any atom is -0.343 e. The van der Waals surface area contributed by atoms with E-state index in [4.69, 9.17) is 0 Å². The molecule has 0 saturated heterocycles. The van der Waals surface area contributed by atoms with E-state index in [1.807, 2.05) is 0 Å². The van der Waals surface area contributed by atoms with E-state index in [9.17, 15) is 4.79 Å². The number of H-pyrrole nitrogens is 1. The van der Waals surface area contributed by atoms with Crippen molar-refractivity contribution in [2.45, 2.75) is 12.8 Å². The lowest BCUT2D eigenvalue weighted by Gasteiger charge is -2.15. The number of pyridine rings is 1. The zero-order valence-corrected chi connectivity index (χ0v) is 13.6. The summed E-state index contributed by atoms with van der Waals surface area (Å²) in [5.41, 5.74) is 1.67. The van der Waals surface area contributed by atoms with Gasteiger partial charge in [0.1, 0.15) is 17.0 Å². The third-order valence-corrected chi connectivity index (χ3v) is 4.09. The molecule has 1 fully saturated rings. The molecule has 2 N–H and O–H groups in total. The number of hydrogen-bond acceptors (Lipinski definition) is 6. The van der Waals surface area contributed by atoms with E-state index in [0.717, 1.165) is 12.8 Å². The molecule has 0 spiro atoms. The van der Waals surface area contributed by atoms with Gasteiger partial charge >= 0.3 is 6.03 Å². The van der Waals surface area contributed by atoms with Crippen molar-refractivity contribution in [1.82, 2.24) is 29.2 Å². The van der Waals surface area contributed by atoms with E-state index in [1.54, 1.807) is 30.7 Å². The Morgan fingerprint density at radius 3 is 2.96 bits per heavy atom. The van der Waals surface area contributed by atoms with E-state index < -0.39 is 0 Å². The van der Waals surface area contributed by atoms with Crippen molar-refractivity contribution in [3.63, 3.8) is 0 Å².